The Bertz CT molecular complexity index is 755. The van der Waals surface area contributed by atoms with Gasteiger partial charge in [-0.15, -0.1) is 0 Å². The number of carbonyl (C=O) groups excluding carboxylic acids is 1. The van der Waals surface area contributed by atoms with E-state index in [2.05, 4.69) is 0 Å². The van der Waals surface area contributed by atoms with Gasteiger partial charge in [-0.2, -0.15) is 0 Å². The van der Waals surface area contributed by atoms with E-state index in [1.165, 1.54) is 18.2 Å². The Kier molecular flexibility index (Phi) is 5.24. The molecular weight excluding hydrogens is 320 g/mol. The second-order valence-electron chi connectivity index (χ2n) is 4.95. The second-order valence-corrected chi connectivity index (χ2v) is 5.39. The van der Waals surface area contributed by atoms with E-state index in [9.17, 15) is 9.59 Å². The Morgan fingerprint density at radius 3 is 2.48 bits per heavy atom. The zero-order valence-corrected chi connectivity index (χ0v) is 13.4. The molecular formula is C17H15ClO5. The largest absolute Gasteiger partial charge is 0.482 e. The number of aromatic carboxylic acids is 1. The molecule has 2 aromatic carbocycles. The minimum Gasteiger partial charge on any atom is -0.482 e. The van der Waals surface area contributed by atoms with Gasteiger partial charge in [0.05, 0.1) is 0 Å². The van der Waals surface area contributed by atoms with Crippen molar-refractivity contribution in [1.29, 1.82) is 0 Å². The zero-order chi connectivity index (χ0) is 17.0. The average molecular weight is 335 g/mol. The monoisotopic (exact) mass is 334 g/mol. The third-order valence-corrected chi connectivity index (χ3v) is 3.47. The average Bonchev–Trinajstić information content (AvgIpc) is 2.50. The van der Waals surface area contributed by atoms with Crippen LogP contribution in [0.25, 0.3) is 0 Å². The van der Waals surface area contributed by atoms with Crippen molar-refractivity contribution in [2.45, 2.75) is 13.8 Å². The van der Waals surface area contributed by atoms with Gasteiger partial charge in [-0.05, 0) is 55.3 Å². The Hall–Kier alpha value is -2.53. The zero-order valence-electron chi connectivity index (χ0n) is 12.6. The van der Waals surface area contributed by atoms with Crippen LogP contribution in [0.15, 0.2) is 36.4 Å². The summed E-state index contributed by atoms with van der Waals surface area (Å²) >= 11 is 5.74. The first-order valence-corrected chi connectivity index (χ1v) is 7.18. The predicted octanol–water partition coefficient (Wildman–Crippen LogP) is 3.64. The molecule has 0 aliphatic carbocycles. The van der Waals surface area contributed by atoms with Crippen LogP contribution in [0.5, 0.6) is 11.5 Å². The highest BCUT2D eigenvalue weighted by molar-refractivity contribution is 6.31. The Morgan fingerprint density at radius 1 is 1.09 bits per heavy atom. The van der Waals surface area contributed by atoms with Crippen LogP contribution in [0.3, 0.4) is 0 Å². The maximum Gasteiger partial charge on any atom is 0.349 e. The lowest BCUT2D eigenvalue weighted by molar-refractivity contribution is -0.136. The number of carbonyl (C=O) groups is 2. The summed E-state index contributed by atoms with van der Waals surface area (Å²) in [6, 6.07) is 9.45. The van der Waals surface area contributed by atoms with E-state index in [4.69, 9.17) is 26.2 Å². The molecule has 23 heavy (non-hydrogen) atoms. The molecule has 0 saturated carbocycles. The maximum absolute atomic E-state index is 11.8. The van der Waals surface area contributed by atoms with Gasteiger partial charge in [-0.1, -0.05) is 17.7 Å². The van der Waals surface area contributed by atoms with E-state index in [1.807, 2.05) is 26.0 Å². The fourth-order valence-electron chi connectivity index (χ4n) is 1.86. The number of ether oxygens (including phenoxy) is 2. The first-order valence-electron chi connectivity index (χ1n) is 6.80. The molecule has 2 aromatic rings. The number of aryl methyl sites for hydroxylation is 2. The third kappa shape index (κ3) is 4.47. The summed E-state index contributed by atoms with van der Waals surface area (Å²) < 4.78 is 10.4. The van der Waals surface area contributed by atoms with E-state index in [0.29, 0.717) is 5.75 Å². The van der Waals surface area contributed by atoms with Crippen LogP contribution in [-0.4, -0.2) is 23.7 Å². The van der Waals surface area contributed by atoms with Crippen molar-refractivity contribution in [3.63, 3.8) is 0 Å². The van der Waals surface area contributed by atoms with Crippen LogP contribution < -0.4 is 9.47 Å². The van der Waals surface area contributed by atoms with E-state index in [0.717, 1.165) is 11.1 Å². The highest BCUT2D eigenvalue weighted by atomic mass is 35.5. The molecule has 0 atom stereocenters. The summed E-state index contributed by atoms with van der Waals surface area (Å²) in [5.74, 6) is -1.46. The van der Waals surface area contributed by atoms with E-state index >= 15 is 0 Å². The fraction of sp³-hybridized carbons (Fsp3) is 0.176. The number of carboxylic acid groups (broad SMARTS) is 1. The van der Waals surface area contributed by atoms with Crippen molar-refractivity contribution >= 4 is 23.5 Å². The molecule has 0 fully saturated rings. The molecule has 5 nitrogen and oxygen atoms in total. The van der Waals surface area contributed by atoms with Gasteiger partial charge >= 0.3 is 11.9 Å². The lowest BCUT2D eigenvalue weighted by Crippen LogP contribution is -2.19. The molecule has 0 aromatic heterocycles. The molecule has 2 rings (SSSR count). The van der Waals surface area contributed by atoms with Crippen LogP contribution in [0.1, 0.15) is 21.5 Å². The van der Waals surface area contributed by atoms with Gasteiger partial charge in [0.25, 0.3) is 0 Å². The maximum atomic E-state index is 11.8. The van der Waals surface area contributed by atoms with Gasteiger partial charge in [-0.25, -0.2) is 9.59 Å². The quantitative estimate of drug-likeness (QED) is 0.667. The van der Waals surface area contributed by atoms with Gasteiger partial charge in [0, 0.05) is 5.02 Å². The van der Waals surface area contributed by atoms with Gasteiger partial charge in [0.2, 0.25) is 0 Å². The van der Waals surface area contributed by atoms with E-state index < -0.39 is 11.9 Å². The number of hydrogen-bond acceptors (Lipinski definition) is 4. The summed E-state index contributed by atoms with van der Waals surface area (Å²) in [7, 11) is 0. The molecule has 1 N–H and O–H groups in total. The van der Waals surface area contributed by atoms with Gasteiger partial charge < -0.3 is 14.6 Å². The van der Waals surface area contributed by atoms with Crippen LogP contribution in [-0.2, 0) is 4.79 Å². The molecule has 6 heteroatoms. The topological polar surface area (TPSA) is 72.8 Å². The van der Waals surface area contributed by atoms with Gasteiger partial charge in [-0.3, -0.25) is 0 Å². The highest BCUT2D eigenvalue weighted by Crippen LogP contribution is 2.23. The molecule has 0 aliphatic heterocycles. The third-order valence-electron chi connectivity index (χ3n) is 3.23. The van der Waals surface area contributed by atoms with Crippen molar-refractivity contribution < 1.29 is 24.2 Å². The van der Waals surface area contributed by atoms with E-state index in [1.54, 1.807) is 6.07 Å². The van der Waals surface area contributed by atoms with Crippen molar-refractivity contribution in [1.82, 2.24) is 0 Å². The highest BCUT2D eigenvalue weighted by Gasteiger charge is 2.15. The molecule has 0 spiro atoms. The smallest absolute Gasteiger partial charge is 0.349 e. The predicted molar refractivity (Wildman–Crippen MR) is 85.5 cm³/mol. The normalized spacial score (nSPS) is 10.2. The second kappa shape index (κ2) is 7.15. The lowest BCUT2D eigenvalue weighted by Gasteiger charge is -2.10. The summed E-state index contributed by atoms with van der Waals surface area (Å²) in [4.78, 5) is 22.9. The molecule has 0 amide bonds. The van der Waals surface area contributed by atoms with Crippen LogP contribution in [0.4, 0.5) is 0 Å². The minimum atomic E-state index is -1.23. The standard InChI is InChI=1S/C17H15ClO5/c1-10-3-5-13(7-11(10)2)22-9-16(19)23-15-6-4-12(18)8-14(15)17(20)21/h3-8H,9H2,1-2H3,(H,20,21). The van der Waals surface area contributed by atoms with Crippen molar-refractivity contribution in [2.24, 2.45) is 0 Å². The summed E-state index contributed by atoms with van der Waals surface area (Å²) in [5, 5.41) is 9.33. The molecule has 120 valence electrons. The number of hydrogen-bond donors (Lipinski definition) is 1. The Morgan fingerprint density at radius 2 is 1.83 bits per heavy atom. The van der Waals surface area contributed by atoms with E-state index in [-0.39, 0.29) is 22.9 Å². The molecule has 0 aliphatic rings. The molecule has 0 radical (unpaired) electrons. The molecule has 0 heterocycles. The first kappa shape index (κ1) is 16.8. The molecule has 0 unspecified atom stereocenters. The summed E-state index contributed by atoms with van der Waals surface area (Å²) in [6.07, 6.45) is 0. The number of benzene rings is 2. The van der Waals surface area contributed by atoms with Crippen LogP contribution >= 0.6 is 11.6 Å². The van der Waals surface area contributed by atoms with Crippen LogP contribution in [0.2, 0.25) is 5.02 Å². The molecule has 0 bridgehead atoms. The minimum absolute atomic E-state index is 0.0735. The number of carboxylic acids is 1. The Labute approximate surface area is 138 Å². The Balaban J connectivity index is 2.02. The lowest BCUT2D eigenvalue weighted by atomic mass is 10.1. The fourth-order valence-corrected chi connectivity index (χ4v) is 2.03. The van der Waals surface area contributed by atoms with Gasteiger partial charge in [0.1, 0.15) is 17.1 Å². The van der Waals surface area contributed by atoms with Crippen molar-refractivity contribution in [3.8, 4) is 11.5 Å². The number of halogens is 1. The molecule has 0 saturated heterocycles. The van der Waals surface area contributed by atoms with Crippen molar-refractivity contribution in [3.05, 3.63) is 58.1 Å². The summed E-state index contributed by atoms with van der Waals surface area (Å²) in [6.45, 7) is 3.58. The number of esters is 1. The SMILES string of the molecule is Cc1ccc(OCC(=O)Oc2ccc(Cl)cc2C(=O)O)cc1C. The summed E-state index contributed by atoms with van der Waals surface area (Å²) in [5.41, 5.74) is 1.98. The first-order chi connectivity index (χ1) is 10.9. The van der Waals surface area contributed by atoms with Crippen LogP contribution in [0, 0.1) is 13.8 Å². The number of rotatable bonds is 5. The van der Waals surface area contributed by atoms with Crippen molar-refractivity contribution in [2.75, 3.05) is 6.61 Å². The van der Waals surface area contributed by atoms with Gasteiger partial charge in [0.15, 0.2) is 6.61 Å².